The summed E-state index contributed by atoms with van der Waals surface area (Å²) in [7, 11) is 0. The lowest BCUT2D eigenvalue weighted by Crippen LogP contribution is -2.52. The maximum atomic E-state index is 12.8. The van der Waals surface area contributed by atoms with Gasteiger partial charge in [-0.1, -0.05) is 6.07 Å². The molecule has 0 saturated carbocycles. The molecular weight excluding hydrogens is 457 g/mol. The highest BCUT2D eigenvalue weighted by Crippen LogP contribution is 2.32. The van der Waals surface area contributed by atoms with Crippen molar-refractivity contribution in [1.82, 2.24) is 20.4 Å². The topological polar surface area (TPSA) is 103 Å². The number of nitrogens with zero attached hydrogens (tertiary/aromatic N) is 2. The zero-order chi connectivity index (χ0) is 20.9. The van der Waals surface area contributed by atoms with E-state index in [0.29, 0.717) is 38.3 Å². The number of benzene rings is 1. The number of imide groups is 1. The van der Waals surface area contributed by atoms with Crippen molar-refractivity contribution in [3.8, 4) is 0 Å². The van der Waals surface area contributed by atoms with Crippen molar-refractivity contribution >= 4 is 48.2 Å². The molecular formula is C21H31Cl2N5O4. The van der Waals surface area contributed by atoms with Gasteiger partial charge in [-0.2, -0.15) is 0 Å². The minimum absolute atomic E-state index is 0. The number of nitrogens with one attached hydrogen (secondary N) is 3. The molecule has 4 rings (SSSR count). The summed E-state index contributed by atoms with van der Waals surface area (Å²) in [6.07, 6.45) is 0.626. The molecule has 11 heteroatoms. The summed E-state index contributed by atoms with van der Waals surface area (Å²) < 4.78 is 5.75. The number of ether oxygens (including phenoxy) is 1. The van der Waals surface area contributed by atoms with Gasteiger partial charge < -0.3 is 20.3 Å². The highest BCUT2D eigenvalue weighted by Gasteiger charge is 2.39. The van der Waals surface area contributed by atoms with Crippen LogP contribution in [-0.4, -0.2) is 86.0 Å². The summed E-state index contributed by atoms with van der Waals surface area (Å²) in [5.74, 6) is -0.824. The number of hydrogen-bond donors (Lipinski definition) is 3. The standard InChI is InChI=1S/C21H29N5O4.2ClH/c27-19-5-4-18(20(28)24-19)26-14-16-15(21(26)29)2-1-3-17(16)23-8-12-30-13-11-25-9-6-22-7-10-25;;/h1-3,18,22-23H,4-14H2,(H,24,27,28);2*1H. The van der Waals surface area contributed by atoms with Crippen LogP contribution in [-0.2, 0) is 20.9 Å². The minimum Gasteiger partial charge on any atom is -0.382 e. The van der Waals surface area contributed by atoms with Crippen molar-refractivity contribution in [3.05, 3.63) is 29.3 Å². The van der Waals surface area contributed by atoms with Gasteiger partial charge in [0.05, 0.1) is 13.2 Å². The van der Waals surface area contributed by atoms with Crippen molar-refractivity contribution in [1.29, 1.82) is 0 Å². The van der Waals surface area contributed by atoms with Gasteiger partial charge in [0.2, 0.25) is 11.8 Å². The Balaban J connectivity index is 0.00000181. The highest BCUT2D eigenvalue weighted by molar-refractivity contribution is 6.06. The Morgan fingerprint density at radius 3 is 2.62 bits per heavy atom. The first kappa shape index (κ1) is 26.3. The molecule has 2 saturated heterocycles. The van der Waals surface area contributed by atoms with Crippen LogP contribution in [0.3, 0.4) is 0 Å². The smallest absolute Gasteiger partial charge is 0.255 e. The molecule has 1 atom stereocenters. The van der Waals surface area contributed by atoms with E-state index >= 15 is 0 Å². The normalized spacial score (nSPS) is 20.8. The van der Waals surface area contributed by atoms with E-state index in [4.69, 9.17) is 4.74 Å². The average molecular weight is 488 g/mol. The predicted molar refractivity (Wildman–Crippen MR) is 126 cm³/mol. The van der Waals surface area contributed by atoms with Crippen molar-refractivity contribution < 1.29 is 19.1 Å². The number of hydrogen-bond acceptors (Lipinski definition) is 7. The maximum absolute atomic E-state index is 12.8. The van der Waals surface area contributed by atoms with Crippen LogP contribution in [0.1, 0.15) is 28.8 Å². The summed E-state index contributed by atoms with van der Waals surface area (Å²) in [4.78, 5) is 40.4. The van der Waals surface area contributed by atoms with Gasteiger partial charge >= 0.3 is 0 Å². The number of carbonyl (C=O) groups is 3. The average Bonchev–Trinajstić information content (AvgIpc) is 3.08. The Morgan fingerprint density at radius 1 is 1.09 bits per heavy atom. The van der Waals surface area contributed by atoms with Crippen molar-refractivity contribution in [2.45, 2.75) is 25.4 Å². The lowest BCUT2D eigenvalue weighted by atomic mass is 10.0. The molecule has 0 radical (unpaired) electrons. The first-order chi connectivity index (χ1) is 14.6. The molecule has 3 heterocycles. The van der Waals surface area contributed by atoms with Gasteiger partial charge in [0.1, 0.15) is 6.04 Å². The van der Waals surface area contributed by atoms with Gasteiger partial charge in [-0.25, -0.2) is 0 Å². The summed E-state index contributed by atoms with van der Waals surface area (Å²) >= 11 is 0. The molecule has 3 amide bonds. The number of amides is 3. The molecule has 32 heavy (non-hydrogen) atoms. The van der Waals surface area contributed by atoms with Crippen LogP contribution < -0.4 is 16.0 Å². The molecule has 1 unspecified atom stereocenters. The number of halogens is 2. The third-order valence-electron chi connectivity index (χ3n) is 5.91. The second-order valence-electron chi connectivity index (χ2n) is 7.86. The fourth-order valence-electron chi connectivity index (χ4n) is 4.24. The highest BCUT2D eigenvalue weighted by atomic mass is 35.5. The molecule has 3 N–H and O–H groups in total. The lowest BCUT2D eigenvalue weighted by molar-refractivity contribution is -0.136. The second-order valence-corrected chi connectivity index (χ2v) is 7.86. The molecule has 3 aliphatic rings. The summed E-state index contributed by atoms with van der Waals surface area (Å²) in [5.41, 5.74) is 2.40. The van der Waals surface area contributed by atoms with Gasteiger partial charge in [-0.15, -0.1) is 24.8 Å². The number of anilines is 1. The zero-order valence-corrected chi connectivity index (χ0v) is 19.6. The van der Waals surface area contributed by atoms with Crippen LogP contribution >= 0.6 is 24.8 Å². The van der Waals surface area contributed by atoms with E-state index in [1.807, 2.05) is 12.1 Å². The third-order valence-corrected chi connectivity index (χ3v) is 5.91. The Labute approximate surface area is 200 Å². The van der Waals surface area contributed by atoms with Crippen LogP contribution in [0, 0.1) is 0 Å². The molecule has 2 fully saturated rings. The van der Waals surface area contributed by atoms with E-state index in [-0.39, 0.29) is 49.0 Å². The number of piperidine rings is 1. The molecule has 0 bridgehead atoms. The van der Waals surface area contributed by atoms with Gasteiger partial charge in [0.15, 0.2) is 0 Å². The maximum Gasteiger partial charge on any atom is 0.255 e. The Kier molecular flexibility index (Phi) is 10.2. The predicted octanol–water partition coefficient (Wildman–Crippen LogP) is 0.625. The van der Waals surface area contributed by atoms with Gasteiger partial charge in [-0.05, 0) is 18.6 Å². The lowest BCUT2D eigenvalue weighted by Gasteiger charge is -2.29. The van der Waals surface area contributed by atoms with Gasteiger partial charge in [0.25, 0.3) is 5.91 Å². The molecule has 178 valence electrons. The molecule has 0 spiro atoms. The van der Waals surface area contributed by atoms with E-state index in [9.17, 15) is 14.4 Å². The summed E-state index contributed by atoms with van der Waals surface area (Å²) in [6.45, 7) is 7.45. The number of piperazine rings is 1. The number of carbonyl (C=O) groups excluding carboxylic acids is 3. The van der Waals surface area contributed by atoms with E-state index in [1.54, 1.807) is 11.0 Å². The molecule has 1 aromatic carbocycles. The number of rotatable bonds is 8. The fourth-order valence-corrected chi connectivity index (χ4v) is 4.24. The first-order valence-corrected chi connectivity index (χ1v) is 10.6. The molecule has 0 aliphatic carbocycles. The van der Waals surface area contributed by atoms with Crippen LogP contribution in [0.5, 0.6) is 0 Å². The molecule has 3 aliphatic heterocycles. The van der Waals surface area contributed by atoms with Crippen molar-refractivity contribution in [2.75, 3.05) is 57.8 Å². The summed E-state index contributed by atoms with van der Waals surface area (Å²) in [5, 5.41) is 9.04. The summed E-state index contributed by atoms with van der Waals surface area (Å²) in [6, 6.07) is 4.99. The van der Waals surface area contributed by atoms with E-state index < -0.39 is 6.04 Å². The van der Waals surface area contributed by atoms with Gasteiger partial charge in [0, 0.05) is 69.0 Å². The third kappa shape index (κ3) is 6.11. The quantitative estimate of drug-likeness (QED) is 0.364. The van der Waals surface area contributed by atoms with Crippen LogP contribution in [0.4, 0.5) is 5.69 Å². The molecule has 1 aromatic rings. The Hall–Kier alpha value is -1.91. The van der Waals surface area contributed by atoms with E-state index in [1.165, 1.54) is 0 Å². The second kappa shape index (κ2) is 12.4. The SMILES string of the molecule is Cl.Cl.O=C1CCC(N2Cc3c(NCCOCCN4CCNCC4)cccc3C2=O)C(=O)N1. The largest absolute Gasteiger partial charge is 0.382 e. The van der Waals surface area contributed by atoms with Crippen molar-refractivity contribution in [2.24, 2.45) is 0 Å². The van der Waals surface area contributed by atoms with Gasteiger partial charge in [-0.3, -0.25) is 24.6 Å². The van der Waals surface area contributed by atoms with Crippen LogP contribution in [0.2, 0.25) is 0 Å². The molecule has 9 nitrogen and oxygen atoms in total. The Morgan fingerprint density at radius 2 is 1.88 bits per heavy atom. The minimum atomic E-state index is -0.594. The van der Waals surface area contributed by atoms with E-state index in [0.717, 1.165) is 44.0 Å². The monoisotopic (exact) mass is 487 g/mol. The first-order valence-electron chi connectivity index (χ1n) is 10.6. The zero-order valence-electron chi connectivity index (χ0n) is 17.9. The van der Waals surface area contributed by atoms with Crippen LogP contribution in [0.25, 0.3) is 0 Å². The molecule has 0 aromatic heterocycles. The number of fused-ring (bicyclic) bond motifs is 1. The fraction of sp³-hybridized carbons (Fsp3) is 0.571. The van der Waals surface area contributed by atoms with Crippen LogP contribution in [0.15, 0.2) is 18.2 Å². The van der Waals surface area contributed by atoms with Crippen molar-refractivity contribution in [3.63, 3.8) is 0 Å². The van der Waals surface area contributed by atoms with E-state index in [2.05, 4.69) is 20.9 Å². The Bertz CT molecular complexity index is 819.